The van der Waals surface area contributed by atoms with Crippen molar-refractivity contribution in [2.75, 3.05) is 0 Å². The Hall–Kier alpha value is -1.07. The topological polar surface area (TPSA) is 69.4 Å². The highest BCUT2D eigenvalue weighted by Gasteiger charge is 2.13. The van der Waals surface area contributed by atoms with Gasteiger partial charge in [0.15, 0.2) is 0 Å². The van der Waals surface area contributed by atoms with Crippen LogP contribution in [0.25, 0.3) is 0 Å². The van der Waals surface area contributed by atoms with Gasteiger partial charge in [0.25, 0.3) is 0 Å². The molecule has 2 N–H and O–H groups in total. The van der Waals surface area contributed by atoms with Crippen molar-refractivity contribution in [3.63, 3.8) is 0 Å². The van der Waals surface area contributed by atoms with Crippen molar-refractivity contribution >= 4 is 10.3 Å². The van der Waals surface area contributed by atoms with E-state index in [0.29, 0.717) is 5.75 Å². The molecule has 1 aliphatic carbocycles. The van der Waals surface area contributed by atoms with Crippen molar-refractivity contribution in [1.29, 1.82) is 0 Å². The predicted octanol–water partition coefficient (Wildman–Crippen LogP) is 0.758. The lowest BCUT2D eigenvalue weighted by Gasteiger charge is -2.04. The largest absolute Gasteiger partial charge is 0.380 e. The number of aryl methyl sites for hydroxylation is 2. The Kier molecular flexibility index (Phi) is 2.20. The fourth-order valence-electron chi connectivity index (χ4n) is 1.73. The van der Waals surface area contributed by atoms with Gasteiger partial charge >= 0.3 is 10.3 Å². The summed E-state index contributed by atoms with van der Waals surface area (Å²) >= 11 is 0. The molecule has 0 fully saturated rings. The van der Waals surface area contributed by atoms with Crippen LogP contribution in [0.4, 0.5) is 0 Å². The summed E-state index contributed by atoms with van der Waals surface area (Å²) in [7, 11) is -3.89. The second-order valence-electron chi connectivity index (χ2n) is 3.36. The Morgan fingerprint density at radius 1 is 1.21 bits per heavy atom. The first-order valence-corrected chi connectivity index (χ1v) is 5.86. The minimum absolute atomic E-state index is 0.299. The van der Waals surface area contributed by atoms with Gasteiger partial charge < -0.3 is 4.18 Å². The smallest absolute Gasteiger partial charge is 0.371 e. The van der Waals surface area contributed by atoms with E-state index in [1.54, 1.807) is 12.1 Å². The summed E-state index contributed by atoms with van der Waals surface area (Å²) < 4.78 is 25.9. The van der Waals surface area contributed by atoms with E-state index in [2.05, 4.69) is 4.18 Å². The highest BCUT2D eigenvalue weighted by molar-refractivity contribution is 7.84. The van der Waals surface area contributed by atoms with Gasteiger partial charge in [0.05, 0.1) is 0 Å². The molecule has 14 heavy (non-hydrogen) atoms. The maximum absolute atomic E-state index is 10.7. The Labute approximate surface area is 82.9 Å². The molecule has 0 bridgehead atoms. The molecule has 0 aliphatic heterocycles. The summed E-state index contributed by atoms with van der Waals surface area (Å²) in [6.45, 7) is 0. The number of fused-ring (bicyclic) bond motifs is 1. The lowest BCUT2D eigenvalue weighted by atomic mass is 10.1. The Morgan fingerprint density at radius 2 is 1.93 bits per heavy atom. The lowest BCUT2D eigenvalue weighted by Crippen LogP contribution is -2.18. The van der Waals surface area contributed by atoms with Crippen LogP contribution in [-0.2, 0) is 23.1 Å². The van der Waals surface area contributed by atoms with Gasteiger partial charge in [0, 0.05) is 0 Å². The molecular weight excluding hydrogens is 202 g/mol. The molecular formula is C9H11NO3S. The zero-order valence-corrected chi connectivity index (χ0v) is 8.38. The third kappa shape index (κ3) is 2.05. The fraction of sp³-hybridized carbons (Fsp3) is 0.333. The molecule has 1 aliphatic rings. The van der Waals surface area contributed by atoms with Crippen LogP contribution >= 0.6 is 0 Å². The third-order valence-electron chi connectivity index (χ3n) is 2.28. The van der Waals surface area contributed by atoms with Crippen molar-refractivity contribution in [2.24, 2.45) is 5.14 Å². The molecule has 5 heteroatoms. The molecule has 0 heterocycles. The summed E-state index contributed by atoms with van der Waals surface area (Å²) in [5.41, 5.74) is 2.43. The van der Waals surface area contributed by atoms with E-state index in [1.165, 1.54) is 5.56 Å². The Bertz CT molecular complexity index is 453. The number of hydrogen-bond donors (Lipinski definition) is 1. The molecule has 0 atom stereocenters. The van der Waals surface area contributed by atoms with Crippen LogP contribution in [0, 0.1) is 0 Å². The van der Waals surface area contributed by atoms with Gasteiger partial charge in [-0.2, -0.15) is 13.6 Å². The van der Waals surface area contributed by atoms with Crippen LogP contribution in [0.1, 0.15) is 17.5 Å². The average molecular weight is 213 g/mol. The highest BCUT2D eigenvalue weighted by atomic mass is 32.2. The van der Waals surface area contributed by atoms with Crippen molar-refractivity contribution in [2.45, 2.75) is 19.3 Å². The Balaban J connectivity index is 2.29. The van der Waals surface area contributed by atoms with Crippen LogP contribution in [0.2, 0.25) is 0 Å². The van der Waals surface area contributed by atoms with E-state index < -0.39 is 10.3 Å². The highest BCUT2D eigenvalue weighted by Crippen LogP contribution is 2.26. The minimum Gasteiger partial charge on any atom is -0.371 e. The summed E-state index contributed by atoms with van der Waals surface area (Å²) in [6.07, 6.45) is 3.16. The standard InChI is InChI=1S/C9H11NO3S/c10-14(11,12)13-9-5-4-7-2-1-3-8(7)6-9/h4-6H,1-3H2,(H2,10,11,12). The molecule has 1 aromatic rings. The van der Waals surface area contributed by atoms with Gasteiger partial charge in [-0.15, -0.1) is 0 Å². The van der Waals surface area contributed by atoms with E-state index >= 15 is 0 Å². The Morgan fingerprint density at radius 3 is 2.64 bits per heavy atom. The normalized spacial score (nSPS) is 15.2. The minimum atomic E-state index is -3.89. The number of hydrogen-bond acceptors (Lipinski definition) is 3. The summed E-state index contributed by atoms with van der Waals surface area (Å²) in [6, 6.07) is 5.27. The predicted molar refractivity (Wildman–Crippen MR) is 52.2 cm³/mol. The van der Waals surface area contributed by atoms with Gasteiger partial charge in [-0.25, -0.2) is 0 Å². The maximum atomic E-state index is 10.7. The molecule has 76 valence electrons. The number of rotatable bonds is 2. The second-order valence-corrected chi connectivity index (χ2v) is 4.51. The molecule has 0 amide bonds. The summed E-state index contributed by atoms with van der Waals surface area (Å²) in [4.78, 5) is 0. The summed E-state index contributed by atoms with van der Waals surface area (Å²) in [5, 5.41) is 4.76. The van der Waals surface area contributed by atoms with E-state index in [4.69, 9.17) is 5.14 Å². The molecule has 0 radical (unpaired) electrons. The SMILES string of the molecule is NS(=O)(=O)Oc1ccc2c(c1)CCC2. The molecule has 2 rings (SSSR count). The molecule has 4 nitrogen and oxygen atoms in total. The molecule has 0 saturated heterocycles. The molecule has 0 unspecified atom stereocenters. The van der Waals surface area contributed by atoms with Crippen molar-refractivity contribution in [1.82, 2.24) is 0 Å². The zero-order chi connectivity index (χ0) is 10.2. The zero-order valence-electron chi connectivity index (χ0n) is 7.56. The maximum Gasteiger partial charge on any atom is 0.380 e. The van der Waals surface area contributed by atoms with Gasteiger partial charge in [-0.05, 0) is 42.5 Å². The monoisotopic (exact) mass is 213 g/mol. The first-order chi connectivity index (χ1) is 6.54. The molecule has 0 aromatic heterocycles. The first kappa shape index (κ1) is 9.48. The van der Waals surface area contributed by atoms with Gasteiger partial charge in [-0.3, -0.25) is 0 Å². The third-order valence-corrected chi connectivity index (χ3v) is 2.71. The lowest BCUT2D eigenvalue weighted by molar-refractivity contribution is 0.487. The van der Waals surface area contributed by atoms with Crippen LogP contribution in [0.15, 0.2) is 18.2 Å². The number of benzene rings is 1. The molecule has 1 aromatic carbocycles. The van der Waals surface area contributed by atoms with E-state index in [0.717, 1.165) is 24.8 Å². The van der Waals surface area contributed by atoms with Gasteiger partial charge in [0.2, 0.25) is 0 Å². The van der Waals surface area contributed by atoms with Crippen LogP contribution in [-0.4, -0.2) is 8.42 Å². The van der Waals surface area contributed by atoms with Crippen LogP contribution in [0.3, 0.4) is 0 Å². The van der Waals surface area contributed by atoms with Gasteiger partial charge in [0.1, 0.15) is 5.75 Å². The van der Waals surface area contributed by atoms with Gasteiger partial charge in [-0.1, -0.05) is 6.07 Å². The first-order valence-electron chi connectivity index (χ1n) is 4.38. The average Bonchev–Trinajstić information content (AvgIpc) is 2.47. The van der Waals surface area contributed by atoms with Crippen molar-refractivity contribution in [3.8, 4) is 5.75 Å². The van der Waals surface area contributed by atoms with Crippen LogP contribution < -0.4 is 9.32 Å². The molecule has 0 spiro atoms. The van der Waals surface area contributed by atoms with E-state index in [-0.39, 0.29) is 0 Å². The van der Waals surface area contributed by atoms with Crippen molar-refractivity contribution in [3.05, 3.63) is 29.3 Å². The number of nitrogens with two attached hydrogens (primary N) is 1. The summed E-state index contributed by atoms with van der Waals surface area (Å²) in [5.74, 6) is 0.299. The van der Waals surface area contributed by atoms with Crippen molar-refractivity contribution < 1.29 is 12.6 Å². The van der Waals surface area contributed by atoms with E-state index in [9.17, 15) is 8.42 Å². The van der Waals surface area contributed by atoms with Crippen LogP contribution in [0.5, 0.6) is 5.75 Å². The second kappa shape index (κ2) is 3.25. The fourth-order valence-corrected chi connectivity index (χ4v) is 2.11. The quantitative estimate of drug-likeness (QED) is 0.788. The molecule has 0 saturated carbocycles. The van der Waals surface area contributed by atoms with E-state index in [1.807, 2.05) is 6.07 Å².